The van der Waals surface area contributed by atoms with E-state index >= 15 is 0 Å². The molecule has 0 bridgehead atoms. The van der Waals surface area contributed by atoms with E-state index in [-0.39, 0.29) is 0 Å². The lowest BCUT2D eigenvalue weighted by atomic mass is 9.68. The van der Waals surface area contributed by atoms with Crippen LogP contribution in [-0.2, 0) is 5.41 Å². The predicted octanol–water partition coefficient (Wildman–Crippen LogP) is 14.0. The average Bonchev–Trinajstić information content (AvgIpc) is 3.65. The molecule has 0 saturated heterocycles. The summed E-state index contributed by atoms with van der Waals surface area (Å²) in [6, 6.07) is 73.7. The summed E-state index contributed by atoms with van der Waals surface area (Å²) in [7, 11) is 0. The molecule has 1 aromatic heterocycles. The predicted molar refractivity (Wildman–Crippen MR) is 243 cm³/mol. The van der Waals surface area contributed by atoms with Gasteiger partial charge in [-0.05, 0) is 67.9 Å². The fourth-order valence-electron chi connectivity index (χ4n) is 9.32. The first-order valence-electron chi connectivity index (χ1n) is 20.5. The summed E-state index contributed by atoms with van der Waals surface area (Å²) < 4.78 is 13.6. The van der Waals surface area contributed by atoms with E-state index in [1.54, 1.807) is 0 Å². The van der Waals surface area contributed by atoms with Gasteiger partial charge in [-0.1, -0.05) is 194 Å². The smallest absolute Gasteiger partial charge is 0.178 e. The van der Waals surface area contributed by atoms with Crippen LogP contribution in [0.25, 0.3) is 67.2 Å². The molecule has 5 nitrogen and oxygen atoms in total. The van der Waals surface area contributed by atoms with E-state index in [9.17, 15) is 0 Å². The minimum absolute atomic E-state index is 0.535. The number of hydrogen-bond acceptors (Lipinski definition) is 5. The van der Waals surface area contributed by atoms with Crippen LogP contribution in [0.2, 0.25) is 0 Å². The highest BCUT2D eigenvalue weighted by Gasteiger charge is 2.48. The van der Waals surface area contributed by atoms with E-state index in [4.69, 9.17) is 24.4 Å². The summed E-state index contributed by atoms with van der Waals surface area (Å²) in [5.74, 6) is 4.64. The first kappa shape index (κ1) is 34.9. The summed E-state index contributed by atoms with van der Waals surface area (Å²) >= 11 is 0. The number of nitrogens with zero attached hydrogens (tertiary/aromatic N) is 3. The molecule has 0 saturated carbocycles. The van der Waals surface area contributed by atoms with E-state index in [1.807, 2.05) is 36.4 Å². The van der Waals surface area contributed by atoms with E-state index in [2.05, 4.69) is 176 Å². The number of benzene rings is 9. The normalized spacial score (nSPS) is 13.0. The van der Waals surface area contributed by atoms with Crippen molar-refractivity contribution in [3.05, 3.63) is 235 Å². The Bertz CT molecular complexity index is 3250. The van der Waals surface area contributed by atoms with Crippen LogP contribution in [0.4, 0.5) is 0 Å². The number of hydrogen-bond donors (Lipinski definition) is 0. The topological polar surface area (TPSA) is 57.1 Å². The van der Waals surface area contributed by atoms with Gasteiger partial charge in [0.25, 0.3) is 0 Å². The first-order chi connectivity index (χ1) is 30.2. The molecule has 0 fully saturated rings. The van der Waals surface area contributed by atoms with Crippen molar-refractivity contribution in [2.24, 2.45) is 0 Å². The van der Waals surface area contributed by atoms with Crippen molar-refractivity contribution in [3.8, 4) is 79.4 Å². The zero-order chi connectivity index (χ0) is 40.3. The SMILES string of the molecule is c1ccc(-c2nc(-c3ccc(-c4ccc5c(c4)Oc4c(ccc6c4-c4ccccc4C6(c4ccccc4)c4ccccc4)O5)cc3)nc(-c3cccc4ccccc34)n2)cc1. The number of fused-ring (bicyclic) bond motifs is 7. The molecule has 10 aromatic rings. The van der Waals surface area contributed by atoms with Crippen molar-refractivity contribution in [1.29, 1.82) is 0 Å². The second kappa shape index (κ2) is 14.0. The molecule has 1 aliphatic carbocycles. The molecule has 286 valence electrons. The summed E-state index contributed by atoms with van der Waals surface area (Å²) in [6.07, 6.45) is 0. The van der Waals surface area contributed by atoms with Crippen molar-refractivity contribution in [3.63, 3.8) is 0 Å². The van der Waals surface area contributed by atoms with Crippen LogP contribution in [0.5, 0.6) is 23.0 Å². The number of ether oxygens (including phenoxy) is 2. The summed E-state index contributed by atoms with van der Waals surface area (Å²) in [5.41, 5.74) is 11.3. The van der Waals surface area contributed by atoms with Crippen LogP contribution in [0.15, 0.2) is 212 Å². The summed E-state index contributed by atoms with van der Waals surface area (Å²) in [5, 5.41) is 2.23. The van der Waals surface area contributed by atoms with Crippen LogP contribution >= 0.6 is 0 Å². The number of aromatic nitrogens is 3. The average molecular weight is 782 g/mol. The number of rotatable bonds is 6. The highest BCUT2D eigenvalue weighted by Crippen LogP contribution is 2.62. The molecule has 0 spiro atoms. The van der Waals surface area contributed by atoms with Crippen LogP contribution in [-0.4, -0.2) is 15.0 Å². The molecule has 0 atom stereocenters. The second-order valence-electron chi connectivity index (χ2n) is 15.5. The maximum atomic E-state index is 6.99. The maximum Gasteiger partial charge on any atom is 0.178 e. The van der Waals surface area contributed by atoms with Crippen molar-refractivity contribution in [2.45, 2.75) is 5.41 Å². The molecule has 0 N–H and O–H groups in total. The molecule has 61 heavy (non-hydrogen) atoms. The third-order valence-corrected chi connectivity index (χ3v) is 12.1. The lowest BCUT2D eigenvalue weighted by Crippen LogP contribution is -2.28. The maximum absolute atomic E-state index is 6.99. The molecule has 1 aliphatic heterocycles. The highest BCUT2D eigenvalue weighted by atomic mass is 16.6. The molecule has 0 radical (unpaired) electrons. The highest BCUT2D eigenvalue weighted by molar-refractivity contribution is 5.96. The Morgan fingerprint density at radius 3 is 1.66 bits per heavy atom. The molecular formula is C56H35N3O2. The fraction of sp³-hybridized carbons (Fsp3) is 0.0179. The Hall–Kier alpha value is -8.15. The standard InChI is InChI=1S/C56H35N3O2/c1-4-16-38(17-5-1)53-57-54(59-55(58-53)44-25-14-18-37-15-10-11-23-43(37)44)39-29-27-36(28-30-39)40-31-33-48-50(35-40)61-52-49(60-48)34-32-47-51(52)45-24-12-13-26-46(45)56(47,41-19-6-2-7-20-41)42-21-8-3-9-22-42/h1-35H. The Labute approximate surface area is 353 Å². The molecule has 2 aliphatic rings. The molecule has 0 amide bonds. The lowest BCUT2D eigenvalue weighted by Gasteiger charge is -2.34. The molecule has 0 unspecified atom stereocenters. The van der Waals surface area contributed by atoms with Gasteiger partial charge in [0, 0.05) is 22.3 Å². The van der Waals surface area contributed by atoms with Crippen molar-refractivity contribution in [2.75, 3.05) is 0 Å². The summed E-state index contributed by atoms with van der Waals surface area (Å²) in [4.78, 5) is 15.1. The van der Waals surface area contributed by atoms with E-state index in [0.717, 1.165) is 55.5 Å². The quantitative estimate of drug-likeness (QED) is 0.168. The van der Waals surface area contributed by atoms with Gasteiger partial charge in [-0.15, -0.1) is 0 Å². The van der Waals surface area contributed by atoms with Crippen molar-refractivity contribution < 1.29 is 9.47 Å². The van der Waals surface area contributed by atoms with Crippen molar-refractivity contribution >= 4 is 10.8 Å². The summed E-state index contributed by atoms with van der Waals surface area (Å²) in [6.45, 7) is 0. The second-order valence-corrected chi connectivity index (χ2v) is 15.5. The van der Waals surface area contributed by atoms with Crippen LogP contribution in [0.1, 0.15) is 22.3 Å². The van der Waals surface area contributed by atoms with Gasteiger partial charge in [-0.2, -0.15) is 0 Å². The zero-order valence-corrected chi connectivity index (χ0v) is 32.9. The van der Waals surface area contributed by atoms with Crippen LogP contribution < -0.4 is 9.47 Å². The van der Waals surface area contributed by atoms with E-state index in [0.29, 0.717) is 34.7 Å². The monoisotopic (exact) mass is 781 g/mol. The zero-order valence-electron chi connectivity index (χ0n) is 32.9. The van der Waals surface area contributed by atoms with Gasteiger partial charge in [0.05, 0.1) is 5.41 Å². The molecule has 2 heterocycles. The lowest BCUT2D eigenvalue weighted by molar-refractivity contribution is 0.360. The van der Waals surface area contributed by atoms with E-state index < -0.39 is 5.41 Å². The largest absolute Gasteiger partial charge is 0.449 e. The Balaban J connectivity index is 0.927. The van der Waals surface area contributed by atoms with E-state index in [1.165, 1.54) is 22.3 Å². The first-order valence-corrected chi connectivity index (χ1v) is 20.5. The molecule has 9 aromatic carbocycles. The minimum atomic E-state index is -0.535. The van der Waals surface area contributed by atoms with Crippen LogP contribution in [0.3, 0.4) is 0 Å². The van der Waals surface area contributed by atoms with Gasteiger partial charge >= 0.3 is 0 Å². The third kappa shape index (κ3) is 5.59. The third-order valence-electron chi connectivity index (χ3n) is 12.1. The molecule has 12 rings (SSSR count). The van der Waals surface area contributed by atoms with Gasteiger partial charge in [-0.3, -0.25) is 0 Å². The Kier molecular flexibility index (Phi) is 8.00. The van der Waals surface area contributed by atoms with Gasteiger partial charge in [0.2, 0.25) is 0 Å². The molecule has 5 heteroatoms. The van der Waals surface area contributed by atoms with Crippen molar-refractivity contribution in [1.82, 2.24) is 15.0 Å². The van der Waals surface area contributed by atoms with Gasteiger partial charge in [0.15, 0.2) is 40.5 Å². The fourth-order valence-corrected chi connectivity index (χ4v) is 9.32. The van der Waals surface area contributed by atoms with Crippen LogP contribution in [0, 0.1) is 0 Å². The van der Waals surface area contributed by atoms with Gasteiger partial charge < -0.3 is 9.47 Å². The Morgan fingerprint density at radius 2 is 0.902 bits per heavy atom. The molecular weight excluding hydrogens is 747 g/mol. The van der Waals surface area contributed by atoms with Gasteiger partial charge in [0.1, 0.15) is 0 Å². The minimum Gasteiger partial charge on any atom is -0.449 e. The van der Waals surface area contributed by atoms with Gasteiger partial charge in [-0.25, -0.2) is 15.0 Å². The Morgan fingerprint density at radius 1 is 0.344 bits per heavy atom.